The smallest absolute Gasteiger partial charge is 0.233 e. The SMILES string of the molecule is CC(C)Oc1ccccc1N1CCN(CCCN2C(=O)C3CC4OCOC4CC3C2=O)CC1. The highest BCUT2D eigenvalue weighted by atomic mass is 16.7. The zero-order valence-corrected chi connectivity index (χ0v) is 19.7. The second-order valence-corrected chi connectivity index (χ2v) is 9.86. The molecule has 0 N–H and O–H groups in total. The Kier molecular flexibility index (Phi) is 6.58. The molecular formula is C25H35N3O5. The van der Waals surface area contributed by atoms with Crippen LogP contribution >= 0.6 is 0 Å². The molecule has 0 radical (unpaired) electrons. The molecule has 0 bridgehead atoms. The molecule has 3 aliphatic heterocycles. The van der Waals surface area contributed by atoms with Gasteiger partial charge in [-0.15, -0.1) is 0 Å². The number of nitrogens with zero attached hydrogens (tertiary/aromatic N) is 3. The second-order valence-electron chi connectivity index (χ2n) is 9.86. The summed E-state index contributed by atoms with van der Waals surface area (Å²) in [6.07, 6.45) is 2.11. The minimum absolute atomic E-state index is 0.00877. The van der Waals surface area contributed by atoms with Gasteiger partial charge < -0.3 is 19.1 Å². The number of para-hydroxylation sites is 2. The van der Waals surface area contributed by atoms with Gasteiger partial charge in [0, 0.05) is 32.7 Å². The average molecular weight is 458 g/mol. The molecule has 5 rings (SSSR count). The molecule has 33 heavy (non-hydrogen) atoms. The van der Waals surface area contributed by atoms with Crippen molar-refractivity contribution in [2.45, 2.75) is 51.4 Å². The molecular weight excluding hydrogens is 422 g/mol. The molecule has 0 aromatic heterocycles. The zero-order chi connectivity index (χ0) is 22.9. The average Bonchev–Trinajstić information content (AvgIpc) is 3.36. The van der Waals surface area contributed by atoms with Crippen LogP contribution in [0.4, 0.5) is 5.69 Å². The lowest BCUT2D eigenvalue weighted by Crippen LogP contribution is -2.47. The Morgan fingerprint density at radius 2 is 1.58 bits per heavy atom. The lowest BCUT2D eigenvalue weighted by Gasteiger charge is -2.37. The molecule has 3 heterocycles. The number of fused-ring (bicyclic) bond motifs is 2. The van der Waals surface area contributed by atoms with Gasteiger partial charge >= 0.3 is 0 Å². The molecule has 1 aromatic carbocycles. The Morgan fingerprint density at radius 3 is 2.21 bits per heavy atom. The van der Waals surface area contributed by atoms with Crippen molar-refractivity contribution < 1.29 is 23.8 Å². The Morgan fingerprint density at radius 1 is 0.939 bits per heavy atom. The number of amides is 2. The third kappa shape index (κ3) is 4.61. The van der Waals surface area contributed by atoms with Crippen LogP contribution in [0.3, 0.4) is 0 Å². The van der Waals surface area contributed by atoms with Crippen LogP contribution < -0.4 is 9.64 Å². The van der Waals surface area contributed by atoms with E-state index in [1.54, 1.807) is 0 Å². The van der Waals surface area contributed by atoms with E-state index in [0.29, 0.717) is 19.4 Å². The van der Waals surface area contributed by atoms with Gasteiger partial charge in [-0.2, -0.15) is 0 Å². The van der Waals surface area contributed by atoms with E-state index in [1.807, 2.05) is 26.0 Å². The number of carbonyl (C=O) groups excluding carboxylic acids is 2. The molecule has 1 aliphatic carbocycles. The number of hydrogen-bond donors (Lipinski definition) is 0. The summed E-state index contributed by atoms with van der Waals surface area (Å²) >= 11 is 0. The first-order valence-electron chi connectivity index (χ1n) is 12.3. The molecule has 8 nitrogen and oxygen atoms in total. The van der Waals surface area contributed by atoms with Gasteiger partial charge in [0.15, 0.2) is 0 Å². The first kappa shape index (κ1) is 22.6. The molecule has 4 aliphatic rings. The van der Waals surface area contributed by atoms with Crippen molar-refractivity contribution in [3.8, 4) is 5.75 Å². The molecule has 1 saturated carbocycles. The van der Waals surface area contributed by atoms with E-state index >= 15 is 0 Å². The third-order valence-corrected chi connectivity index (χ3v) is 7.40. The summed E-state index contributed by atoms with van der Waals surface area (Å²) in [5.74, 6) is 0.471. The highest BCUT2D eigenvalue weighted by Gasteiger charge is 2.54. The van der Waals surface area contributed by atoms with Crippen molar-refractivity contribution in [3.63, 3.8) is 0 Å². The standard InChI is InChI=1S/C25H35N3O5/c1-17(2)33-21-7-4-3-6-20(21)27-12-10-26(11-13-27)8-5-9-28-24(29)18-14-22-23(32-16-31-22)15-19(18)25(28)30/h3-4,6-7,17-19,22-23H,5,8-16H2,1-2H3. The number of benzene rings is 1. The van der Waals surface area contributed by atoms with Crippen molar-refractivity contribution in [2.75, 3.05) is 51.0 Å². The van der Waals surface area contributed by atoms with Crippen LogP contribution in [-0.2, 0) is 19.1 Å². The number of hydrogen-bond acceptors (Lipinski definition) is 7. The fraction of sp³-hybridized carbons (Fsp3) is 0.680. The van der Waals surface area contributed by atoms with E-state index in [2.05, 4.69) is 21.9 Å². The van der Waals surface area contributed by atoms with Gasteiger partial charge in [0.1, 0.15) is 12.5 Å². The molecule has 2 amide bonds. The van der Waals surface area contributed by atoms with Crippen LogP contribution in [0.5, 0.6) is 5.75 Å². The maximum Gasteiger partial charge on any atom is 0.233 e. The number of likely N-dealkylation sites (tertiary alicyclic amines) is 1. The van der Waals surface area contributed by atoms with Crippen molar-refractivity contribution >= 4 is 17.5 Å². The molecule has 4 unspecified atom stereocenters. The van der Waals surface area contributed by atoms with Crippen LogP contribution in [0, 0.1) is 11.8 Å². The van der Waals surface area contributed by atoms with E-state index < -0.39 is 0 Å². The van der Waals surface area contributed by atoms with E-state index in [4.69, 9.17) is 14.2 Å². The summed E-state index contributed by atoms with van der Waals surface area (Å²) in [4.78, 5) is 32.1. The van der Waals surface area contributed by atoms with Gasteiger partial charge in [0.25, 0.3) is 0 Å². The maximum absolute atomic E-state index is 12.9. The summed E-state index contributed by atoms with van der Waals surface area (Å²) < 4.78 is 17.2. The van der Waals surface area contributed by atoms with Gasteiger partial charge in [-0.1, -0.05) is 12.1 Å². The second kappa shape index (κ2) is 9.60. The minimum atomic E-state index is -0.225. The van der Waals surface area contributed by atoms with Crippen molar-refractivity contribution in [2.24, 2.45) is 11.8 Å². The third-order valence-electron chi connectivity index (χ3n) is 7.40. The Labute approximate surface area is 195 Å². The van der Waals surface area contributed by atoms with Crippen LogP contribution in [0.1, 0.15) is 33.1 Å². The van der Waals surface area contributed by atoms with E-state index in [-0.39, 0.29) is 48.8 Å². The summed E-state index contributed by atoms with van der Waals surface area (Å²) in [5, 5.41) is 0. The van der Waals surface area contributed by atoms with Crippen LogP contribution in [0.25, 0.3) is 0 Å². The van der Waals surface area contributed by atoms with Gasteiger partial charge in [-0.3, -0.25) is 19.4 Å². The number of carbonyl (C=O) groups is 2. The normalized spacial score (nSPS) is 30.2. The predicted molar refractivity (Wildman–Crippen MR) is 123 cm³/mol. The van der Waals surface area contributed by atoms with Crippen molar-refractivity contribution in [3.05, 3.63) is 24.3 Å². The fourth-order valence-corrected chi connectivity index (χ4v) is 5.71. The summed E-state index contributed by atoms with van der Waals surface area (Å²) in [5.41, 5.74) is 1.15. The lowest BCUT2D eigenvalue weighted by molar-refractivity contribution is -0.140. The molecule has 4 fully saturated rings. The van der Waals surface area contributed by atoms with Crippen LogP contribution in [-0.4, -0.2) is 86.0 Å². The first-order chi connectivity index (χ1) is 16.0. The molecule has 0 spiro atoms. The topological polar surface area (TPSA) is 71.6 Å². The lowest BCUT2D eigenvalue weighted by atomic mass is 9.78. The maximum atomic E-state index is 12.9. The molecule has 3 saturated heterocycles. The van der Waals surface area contributed by atoms with E-state index in [1.165, 1.54) is 4.90 Å². The largest absolute Gasteiger partial charge is 0.489 e. The van der Waals surface area contributed by atoms with E-state index in [0.717, 1.165) is 50.6 Å². The van der Waals surface area contributed by atoms with Crippen molar-refractivity contribution in [1.82, 2.24) is 9.80 Å². The molecule has 180 valence electrons. The molecule has 4 atom stereocenters. The summed E-state index contributed by atoms with van der Waals surface area (Å²) in [6, 6.07) is 8.24. The minimum Gasteiger partial charge on any atom is -0.489 e. The summed E-state index contributed by atoms with van der Waals surface area (Å²) in [6.45, 7) is 9.57. The number of rotatable bonds is 7. The number of anilines is 1. The highest BCUT2D eigenvalue weighted by molar-refractivity contribution is 6.05. The number of imide groups is 1. The van der Waals surface area contributed by atoms with Gasteiger partial charge in [0.05, 0.1) is 35.8 Å². The fourth-order valence-electron chi connectivity index (χ4n) is 5.71. The summed E-state index contributed by atoms with van der Waals surface area (Å²) in [7, 11) is 0. The van der Waals surface area contributed by atoms with Gasteiger partial charge in [-0.05, 0) is 51.8 Å². The number of ether oxygens (including phenoxy) is 3. The monoisotopic (exact) mass is 457 g/mol. The van der Waals surface area contributed by atoms with Crippen molar-refractivity contribution in [1.29, 1.82) is 0 Å². The Hall–Kier alpha value is -2.16. The zero-order valence-electron chi connectivity index (χ0n) is 19.7. The predicted octanol–water partition coefficient (Wildman–Crippen LogP) is 2.12. The first-order valence-corrected chi connectivity index (χ1v) is 12.3. The Balaban J connectivity index is 1.09. The van der Waals surface area contributed by atoms with Gasteiger partial charge in [-0.25, -0.2) is 0 Å². The van der Waals surface area contributed by atoms with E-state index in [9.17, 15) is 9.59 Å². The quantitative estimate of drug-likeness (QED) is 0.581. The molecule has 1 aromatic rings. The van der Waals surface area contributed by atoms with Crippen LogP contribution in [0.2, 0.25) is 0 Å². The van der Waals surface area contributed by atoms with Gasteiger partial charge in [0.2, 0.25) is 11.8 Å². The number of piperazine rings is 1. The highest BCUT2D eigenvalue weighted by Crippen LogP contribution is 2.42. The molecule has 8 heteroatoms. The Bertz CT molecular complexity index is 839. The van der Waals surface area contributed by atoms with Crippen LogP contribution in [0.15, 0.2) is 24.3 Å².